The summed E-state index contributed by atoms with van der Waals surface area (Å²) in [4.78, 5) is 19.2. The first-order valence-corrected chi connectivity index (χ1v) is 8.86. The second-order valence-electron chi connectivity index (χ2n) is 6.02. The van der Waals surface area contributed by atoms with Gasteiger partial charge in [0, 0.05) is 25.8 Å². The van der Waals surface area contributed by atoms with Gasteiger partial charge in [-0.3, -0.25) is 4.79 Å². The number of aromatic nitrogens is 3. The van der Waals surface area contributed by atoms with Gasteiger partial charge in [-0.2, -0.15) is 0 Å². The Hall–Kier alpha value is -2.06. The van der Waals surface area contributed by atoms with Crippen molar-refractivity contribution in [1.29, 1.82) is 0 Å². The summed E-state index contributed by atoms with van der Waals surface area (Å²) in [5.74, 6) is 0.632. The van der Waals surface area contributed by atoms with Crippen molar-refractivity contribution in [3.63, 3.8) is 0 Å². The Morgan fingerprint density at radius 2 is 2.38 bits per heavy atom. The number of β-amino-alcohol motifs (C(OH)–C–C–N with tert-alkyl or cyclic N) is 1. The van der Waals surface area contributed by atoms with Crippen LogP contribution < -0.4 is 10.2 Å². The van der Waals surface area contributed by atoms with Crippen molar-refractivity contribution in [2.75, 3.05) is 24.5 Å². The zero-order valence-corrected chi connectivity index (χ0v) is 14.4. The predicted molar refractivity (Wildman–Crippen MR) is 92.3 cm³/mol. The smallest absolute Gasteiger partial charge is 0.265 e. The number of nitrogens with zero attached hydrogens (tertiary/aromatic N) is 4. The van der Waals surface area contributed by atoms with Crippen LogP contribution in [0.5, 0.6) is 0 Å². The number of pyridine rings is 1. The van der Waals surface area contributed by atoms with Gasteiger partial charge in [0.25, 0.3) is 5.91 Å². The van der Waals surface area contributed by atoms with Gasteiger partial charge in [-0.15, -0.1) is 5.10 Å². The lowest BCUT2D eigenvalue weighted by atomic mass is 9.92. The Balaban J connectivity index is 1.62. The normalized spacial score (nSPS) is 20.8. The third-order valence-corrected chi connectivity index (χ3v) is 4.97. The van der Waals surface area contributed by atoms with Crippen LogP contribution in [0.2, 0.25) is 0 Å². The molecule has 0 aromatic carbocycles. The molecule has 24 heavy (non-hydrogen) atoms. The molecular formula is C16H21N5O2S. The maximum atomic E-state index is 12.3. The Morgan fingerprint density at radius 3 is 3.12 bits per heavy atom. The Bertz CT molecular complexity index is 693. The molecule has 1 fully saturated rings. The van der Waals surface area contributed by atoms with Crippen LogP contribution in [0.25, 0.3) is 0 Å². The fraction of sp³-hybridized carbons (Fsp3) is 0.500. The van der Waals surface area contributed by atoms with Crippen LogP contribution in [0.15, 0.2) is 24.4 Å². The molecule has 1 aliphatic heterocycles. The number of piperidine rings is 1. The zero-order valence-electron chi connectivity index (χ0n) is 13.6. The molecule has 8 heteroatoms. The minimum absolute atomic E-state index is 0.205. The average molecular weight is 347 g/mol. The summed E-state index contributed by atoms with van der Waals surface area (Å²) in [6, 6.07) is 5.73. The number of carbonyl (C=O) groups excluding carboxylic acids is 1. The second-order valence-corrected chi connectivity index (χ2v) is 6.78. The lowest BCUT2D eigenvalue weighted by molar-refractivity contribution is 0.0255. The van der Waals surface area contributed by atoms with E-state index in [2.05, 4.69) is 24.8 Å². The second kappa shape index (κ2) is 7.23. The molecule has 1 amide bonds. The van der Waals surface area contributed by atoms with Crippen molar-refractivity contribution in [1.82, 2.24) is 19.9 Å². The Kier molecular flexibility index (Phi) is 5.06. The highest BCUT2D eigenvalue weighted by atomic mass is 32.1. The maximum Gasteiger partial charge on any atom is 0.265 e. The van der Waals surface area contributed by atoms with E-state index in [1.165, 1.54) is 0 Å². The van der Waals surface area contributed by atoms with E-state index in [0.717, 1.165) is 30.3 Å². The number of anilines is 1. The third kappa shape index (κ3) is 3.70. The SMILES string of the molecule is CCc1nnsc1C(=O)NC[C@@]1(O)CCCN(c2ccccn2)C1. The molecule has 0 radical (unpaired) electrons. The Morgan fingerprint density at radius 1 is 1.50 bits per heavy atom. The van der Waals surface area contributed by atoms with Crippen LogP contribution in [0.1, 0.15) is 35.1 Å². The topological polar surface area (TPSA) is 91.2 Å². The summed E-state index contributed by atoms with van der Waals surface area (Å²) >= 11 is 1.09. The van der Waals surface area contributed by atoms with Gasteiger partial charge in [-0.05, 0) is 42.9 Å². The van der Waals surface area contributed by atoms with E-state index in [0.29, 0.717) is 30.0 Å². The lowest BCUT2D eigenvalue weighted by Gasteiger charge is -2.39. The minimum Gasteiger partial charge on any atom is -0.386 e. The molecule has 0 bridgehead atoms. The highest BCUT2D eigenvalue weighted by molar-refractivity contribution is 7.08. The number of aliphatic hydroxyl groups is 1. The van der Waals surface area contributed by atoms with E-state index in [4.69, 9.17) is 0 Å². The average Bonchev–Trinajstić information content (AvgIpc) is 3.09. The molecule has 3 heterocycles. The van der Waals surface area contributed by atoms with Crippen molar-refractivity contribution in [2.24, 2.45) is 0 Å². The van der Waals surface area contributed by atoms with Crippen molar-refractivity contribution in [2.45, 2.75) is 31.8 Å². The van der Waals surface area contributed by atoms with Crippen LogP contribution >= 0.6 is 11.5 Å². The summed E-state index contributed by atoms with van der Waals surface area (Å²) < 4.78 is 3.83. The lowest BCUT2D eigenvalue weighted by Crippen LogP contribution is -2.54. The van der Waals surface area contributed by atoms with Gasteiger partial charge in [-0.1, -0.05) is 17.5 Å². The molecule has 1 atom stereocenters. The number of hydrogen-bond donors (Lipinski definition) is 2. The van der Waals surface area contributed by atoms with E-state index in [1.807, 2.05) is 25.1 Å². The maximum absolute atomic E-state index is 12.3. The van der Waals surface area contributed by atoms with E-state index < -0.39 is 5.60 Å². The molecule has 2 aromatic rings. The molecule has 7 nitrogen and oxygen atoms in total. The molecule has 128 valence electrons. The number of nitrogens with one attached hydrogen (secondary N) is 1. The number of aryl methyl sites for hydroxylation is 1. The quantitative estimate of drug-likeness (QED) is 0.846. The van der Waals surface area contributed by atoms with Crippen LogP contribution in [-0.4, -0.2) is 50.8 Å². The molecule has 0 saturated carbocycles. The molecular weight excluding hydrogens is 326 g/mol. The van der Waals surface area contributed by atoms with Gasteiger partial charge in [0.05, 0.1) is 11.3 Å². The fourth-order valence-corrected chi connectivity index (χ4v) is 3.60. The molecule has 0 unspecified atom stereocenters. The summed E-state index contributed by atoms with van der Waals surface area (Å²) in [7, 11) is 0. The van der Waals surface area contributed by atoms with Crippen molar-refractivity contribution < 1.29 is 9.90 Å². The standard InChI is InChI=1S/C16H21N5O2S/c1-2-12-14(24-20-19-12)15(22)18-10-16(23)7-5-9-21(11-16)13-6-3-4-8-17-13/h3-4,6,8,23H,2,5,7,9-11H2,1H3,(H,18,22)/t16-/m0/s1. The summed E-state index contributed by atoms with van der Waals surface area (Å²) in [5.41, 5.74) is -0.265. The van der Waals surface area contributed by atoms with Gasteiger partial charge >= 0.3 is 0 Å². The zero-order chi connectivity index (χ0) is 17.0. The number of carbonyl (C=O) groups is 1. The number of amides is 1. The summed E-state index contributed by atoms with van der Waals surface area (Å²) in [6.07, 6.45) is 3.91. The highest BCUT2D eigenvalue weighted by Crippen LogP contribution is 2.24. The largest absolute Gasteiger partial charge is 0.386 e. The summed E-state index contributed by atoms with van der Waals surface area (Å²) in [6.45, 7) is 3.45. The van der Waals surface area contributed by atoms with Gasteiger partial charge in [0.2, 0.25) is 0 Å². The molecule has 1 saturated heterocycles. The monoisotopic (exact) mass is 347 g/mol. The van der Waals surface area contributed by atoms with Gasteiger partial charge in [0.15, 0.2) is 0 Å². The van der Waals surface area contributed by atoms with Gasteiger partial charge in [0.1, 0.15) is 10.7 Å². The third-order valence-electron chi connectivity index (χ3n) is 4.20. The molecule has 2 aromatic heterocycles. The van der Waals surface area contributed by atoms with E-state index in [1.54, 1.807) is 6.20 Å². The first kappa shape index (κ1) is 16.8. The molecule has 3 rings (SSSR count). The fourth-order valence-electron chi connectivity index (χ4n) is 2.93. The van der Waals surface area contributed by atoms with E-state index >= 15 is 0 Å². The van der Waals surface area contributed by atoms with Crippen LogP contribution in [0.3, 0.4) is 0 Å². The number of hydrogen-bond acceptors (Lipinski definition) is 7. The molecule has 1 aliphatic rings. The van der Waals surface area contributed by atoms with E-state index in [9.17, 15) is 9.90 Å². The first-order chi connectivity index (χ1) is 11.6. The van der Waals surface area contributed by atoms with Crippen LogP contribution in [-0.2, 0) is 6.42 Å². The van der Waals surface area contributed by atoms with Crippen molar-refractivity contribution in [3.05, 3.63) is 35.0 Å². The van der Waals surface area contributed by atoms with Gasteiger partial charge in [-0.25, -0.2) is 4.98 Å². The van der Waals surface area contributed by atoms with Crippen LogP contribution in [0.4, 0.5) is 5.82 Å². The minimum atomic E-state index is -0.962. The molecule has 0 spiro atoms. The number of rotatable bonds is 5. The highest BCUT2D eigenvalue weighted by Gasteiger charge is 2.34. The van der Waals surface area contributed by atoms with E-state index in [-0.39, 0.29) is 12.5 Å². The van der Waals surface area contributed by atoms with Crippen molar-refractivity contribution in [3.8, 4) is 0 Å². The molecule has 0 aliphatic carbocycles. The van der Waals surface area contributed by atoms with Crippen LogP contribution in [0, 0.1) is 0 Å². The first-order valence-electron chi connectivity index (χ1n) is 8.09. The predicted octanol–water partition coefficient (Wildman–Crippen LogP) is 1.26. The molecule has 2 N–H and O–H groups in total. The van der Waals surface area contributed by atoms with Gasteiger partial charge < -0.3 is 15.3 Å². The Labute approximate surface area is 144 Å². The summed E-state index contributed by atoms with van der Waals surface area (Å²) in [5, 5.41) is 17.6. The van der Waals surface area contributed by atoms with Crippen molar-refractivity contribution >= 4 is 23.3 Å².